The summed E-state index contributed by atoms with van der Waals surface area (Å²) >= 11 is 0. The molecule has 7 heteroatoms. The summed E-state index contributed by atoms with van der Waals surface area (Å²) in [6.45, 7) is 6.30. The van der Waals surface area contributed by atoms with Crippen molar-refractivity contribution in [3.05, 3.63) is 29.8 Å². The van der Waals surface area contributed by atoms with Crippen molar-refractivity contribution in [2.45, 2.75) is 51.3 Å². The first-order valence-corrected chi connectivity index (χ1v) is 8.77. The number of alkyl halides is 3. The molecule has 0 N–H and O–H groups in total. The van der Waals surface area contributed by atoms with Crippen LogP contribution in [0.1, 0.15) is 45.1 Å². The maximum Gasteiger partial charge on any atom is 0.410 e. The van der Waals surface area contributed by atoms with Crippen LogP contribution in [0.15, 0.2) is 24.3 Å². The Balaban J connectivity index is 1.48. The van der Waals surface area contributed by atoms with Crippen molar-refractivity contribution in [3.8, 4) is 5.75 Å². The first-order chi connectivity index (χ1) is 12.0. The van der Waals surface area contributed by atoms with Crippen molar-refractivity contribution in [1.82, 2.24) is 4.90 Å². The van der Waals surface area contributed by atoms with E-state index in [2.05, 4.69) is 0 Å². The molecule has 0 aromatic heterocycles. The molecule has 1 saturated carbocycles. The van der Waals surface area contributed by atoms with E-state index in [0.29, 0.717) is 18.8 Å². The maximum absolute atomic E-state index is 12.9. The van der Waals surface area contributed by atoms with Crippen molar-refractivity contribution in [1.29, 1.82) is 0 Å². The summed E-state index contributed by atoms with van der Waals surface area (Å²) in [5.74, 6) is 0.647. The van der Waals surface area contributed by atoms with Gasteiger partial charge < -0.3 is 14.4 Å². The lowest BCUT2D eigenvalue weighted by atomic mass is 9.92. The van der Waals surface area contributed by atoms with Gasteiger partial charge in [0.1, 0.15) is 23.4 Å². The Morgan fingerprint density at radius 3 is 2.19 bits per heavy atom. The van der Waals surface area contributed by atoms with Gasteiger partial charge in [-0.25, -0.2) is 4.79 Å². The maximum atomic E-state index is 12.9. The first-order valence-electron chi connectivity index (χ1n) is 8.77. The average molecular weight is 371 g/mol. The van der Waals surface area contributed by atoms with E-state index < -0.39 is 17.2 Å². The average Bonchev–Trinajstić information content (AvgIpc) is 3.23. The zero-order valence-corrected chi connectivity index (χ0v) is 15.2. The minimum atomic E-state index is -4.20. The number of likely N-dealkylation sites (tertiary alicyclic amines) is 1. The molecule has 0 bridgehead atoms. The van der Waals surface area contributed by atoms with Gasteiger partial charge in [0.2, 0.25) is 0 Å². The molecule has 1 heterocycles. The van der Waals surface area contributed by atoms with E-state index in [0.717, 1.165) is 5.56 Å². The molecule has 2 fully saturated rings. The molecule has 0 unspecified atom stereocenters. The van der Waals surface area contributed by atoms with Crippen molar-refractivity contribution in [2.24, 2.45) is 5.41 Å². The van der Waals surface area contributed by atoms with Gasteiger partial charge in [-0.3, -0.25) is 0 Å². The van der Waals surface area contributed by atoms with Crippen LogP contribution in [0, 0.1) is 5.41 Å². The van der Waals surface area contributed by atoms with E-state index in [1.807, 2.05) is 32.9 Å². The van der Waals surface area contributed by atoms with E-state index in [1.54, 1.807) is 17.0 Å². The Bertz CT molecular complexity index is 654. The van der Waals surface area contributed by atoms with Crippen LogP contribution in [-0.2, 0) is 4.74 Å². The molecule has 0 atom stereocenters. The number of rotatable bonds is 4. The van der Waals surface area contributed by atoms with Gasteiger partial charge in [0, 0.05) is 19.0 Å². The minimum Gasteiger partial charge on any atom is -0.493 e. The van der Waals surface area contributed by atoms with Crippen molar-refractivity contribution >= 4 is 6.09 Å². The van der Waals surface area contributed by atoms with Crippen LogP contribution in [0.5, 0.6) is 5.75 Å². The highest BCUT2D eigenvalue weighted by Crippen LogP contribution is 2.57. The molecule has 0 radical (unpaired) electrons. The van der Waals surface area contributed by atoms with Gasteiger partial charge in [-0.1, -0.05) is 12.1 Å². The molecule has 26 heavy (non-hydrogen) atoms. The van der Waals surface area contributed by atoms with Crippen LogP contribution in [0.25, 0.3) is 0 Å². The summed E-state index contributed by atoms with van der Waals surface area (Å²) in [7, 11) is 0. The first kappa shape index (κ1) is 18.9. The highest BCUT2D eigenvalue weighted by atomic mass is 19.4. The SMILES string of the molecule is CC(C)(C)OC(=O)N1CC(c2ccc(OCC3(C(F)(F)F)CC3)cc2)C1. The number of hydrogen-bond acceptors (Lipinski definition) is 3. The van der Waals surface area contributed by atoms with Crippen LogP contribution in [0.2, 0.25) is 0 Å². The fourth-order valence-electron chi connectivity index (χ4n) is 2.88. The molecule has 1 aliphatic carbocycles. The third-order valence-electron chi connectivity index (χ3n) is 4.85. The second-order valence-corrected chi connectivity index (χ2v) is 8.22. The molecule has 4 nitrogen and oxygen atoms in total. The predicted molar refractivity (Wildman–Crippen MR) is 90.2 cm³/mol. The summed E-state index contributed by atoms with van der Waals surface area (Å²) < 4.78 is 49.4. The Kier molecular flexibility index (Phi) is 4.61. The number of benzene rings is 1. The van der Waals surface area contributed by atoms with Crippen molar-refractivity contribution < 1.29 is 27.4 Å². The molecule has 2 aliphatic rings. The lowest BCUT2D eigenvalue weighted by Crippen LogP contribution is -2.50. The third-order valence-corrected chi connectivity index (χ3v) is 4.85. The van der Waals surface area contributed by atoms with Gasteiger partial charge in [-0.2, -0.15) is 13.2 Å². The van der Waals surface area contributed by atoms with Gasteiger partial charge in [0.25, 0.3) is 0 Å². The van der Waals surface area contributed by atoms with E-state index >= 15 is 0 Å². The molecule has 144 valence electrons. The van der Waals surface area contributed by atoms with E-state index in [1.165, 1.54) is 0 Å². The molecule has 0 spiro atoms. The molecule has 1 aliphatic heterocycles. The van der Waals surface area contributed by atoms with Crippen LogP contribution >= 0.6 is 0 Å². The predicted octanol–water partition coefficient (Wildman–Crippen LogP) is 4.74. The molecular weight excluding hydrogens is 347 g/mol. The standard InChI is InChI=1S/C19H24F3NO3/c1-17(2,3)26-16(24)23-10-14(11-23)13-4-6-15(7-5-13)25-12-18(8-9-18)19(20,21)22/h4-7,14H,8-12H2,1-3H3. The lowest BCUT2D eigenvalue weighted by molar-refractivity contribution is -0.194. The Morgan fingerprint density at radius 1 is 1.15 bits per heavy atom. The normalized spacial score (nSPS) is 19.7. The lowest BCUT2D eigenvalue weighted by Gasteiger charge is -2.40. The number of ether oxygens (including phenoxy) is 2. The summed E-state index contributed by atoms with van der Waals surface area (Å²) in [4.78, 5) is 13.6. The minimum absolute atomic E-state index is 0.136. The second kappa shape index (κ2) is 6.35. The number of halogens is 3. The number of nitrogens with zero attached hydrogens (tertiary/aromatic N) is 1. The van der Waals surface area contributed by atoms with Crippen LogP contribution in [0.4, 0.5) is 18.0 Å². The zero-order valence-electron chi connectivity index (χ0n) is 15.2. The van der Waals surface area contributed by atoms with Crippen molar-refractivity contribution in [2.75, 3.05) is 19.7 Å². The monoisotopic (exact) mass is 371 g/mol. The van der Waals surface area contributed by atoms with Gasteiger partial charge in [0.15, 0.2) is 0 Å². The summed E-state index contributed by atoms with van der Waals surface area (Å²) in [5, 5.41) is 0. The molecule has 1 amide bonds. The summed E-state index contributed by atoms with van der Waals surface area (Å²) in [5.41, 5.74) is -1.14. The highest BCUT2D eigenvalue weighted by molar-refractivity contribution is 5.69. The Labute approximate surface area is 151 Å². The van der Waals surface area contributed by atoms with Gasteiger partial charge in [0.05, 0.1) is 0 Å². The van der Waals surface area contributed by atoms with Gasteiger partial charge in [-0.15, -0.1) is 0 Å². The zero-order chi connectivity index (χ0) is 19.2. The van der Waals surface area contributed by atoms with Gasteiger partial charge in [-0.05, 0) is 51.3 Å². The summed E-state index contributed by atoms with van der Waals surface area (Å²) in [6.07, 6.45) is -4.26. The molecule has 1 aromatic carbocycles. The topological polar surface area (TPSA) is 38.8 Å². The molecule has 3 rings (SSSR count). The van der Waals surface area contributed by atoms with Crippen LogP contribution in [0.3, 0.4) is 0 Å². The van der Waals surface area contributed by atoms with Crippen LogP contribution < -0.4 is 4.74 Å². The van der Waals surface area contributed by atoms with Crippen molar-refractivity contribution in [3.63, 3.8) is 0 Å². The number of hydrogen-bond donors (Lipinski definition) is 0. The van der Waals surface area contributed by atoms with Crippen LogP contribution in [-0.4, -0.2) is 42.5 Å². The number of carbonyl (C=O) groups is 1. The largest absolute Gasteiger partial charge is 0.493 e. The van der Waals surface area contributed by atoms with E-state index in [9.17, 15) is 18.0 Å². The smallest absolute Gasteiger partial charge is 0.410 e. The second-order valence-electron chi connectivity index (χ2n) is 8.22. The van der Waals surface area contributed by atoms with E-state index in [-0.39, 0.29) is 31.5 Å². The molecule has 1 saturated heterocycles. The Morgan fingerprint density at radius 2 is 1.73 bits per heavy atom. The fourth-order valence-corrected chi connectivity index (χ4v) is 2.88. The molecule has 1 aromatic rings. The Hall–Kier alpha value is -1.92. The highest BCUT2D eigenvalue weighted by Gasteiger charge is 2.63. The quantitative estimate of drug-likeness (QED) is 0.767. The number of amides is 1. The summed E-state index contributed by atoms with van der Waals surface area (Å²) in [6, 6.07) is 7.08. The van der Waals surface area contributed by atoms with Gasteiger partial charge >= 0.3 is 12.3 Å². The number of carbonyl (C=O) groups excluding carboxylic acids is 1. The third kappa shape index (κ3) is 4.07. The molecular formula is C19H24F3NO3. The van der Waals surface area contributed by atoms with E-state index in [4.69, 9.17) is 9.47 Å². The fraction of sp³-hybridized carbons (Fsp3) is 0.632.